The molecule has 0 amide bonds. The Morgan fingerprint density at radius 3 is 2.22 bits per heavy atom. The second-order valence-corrected chi connectivity index (χ2v) is 3.35. The van der Waals surface area contributed by atoms with E-state index in [1.165, 1.54) is 0 Å². The molecule has 1 heterocycles. The molecule has 0 atom stereocenters. The van der Waals surface area contributed by atoms with Crippen LogP contribution in [0.5, 0.6) is 5.75 Å². The van der Waals surface area contributed by atoms with Gasteiger partial charge in [0.15, 0.2) is 0 Å². The fraction of sp³-hybridized carbons (Fsp3) is 0.200. The van der Waals surface area contributed by atoms with E-state index >= 15 is 0 Å². The SMILES string of the molecule is FC(F)(F)Oc1ccc2occ(C(F)(F)F)c2c1. The minimum Gasteiger partial charge on any atom is -0.464 e. The highest BCUT2D eigenvalue weighted by atomic mass is 19.4. The highest BCUT2D eigenvalue weighted by Gasteiger charge is 2.35. The Morgan fingerprint density at radius 1 is 1.00 bits per heavy atom. The molecule has 1 aromatic carbocycles. The van der Waals surface area contributed by atoms with E-state index in [2.05, 4.69) is 9.15 Å². The van der Waals surface area contributed by atoms with E-state index in [4.69, 9.17) is 0 Å². The van der Waals surface area contributed by atoms with Gasteiger partial charge in [0.1, 0.15) is 23.2 Å². The highest BCUT2D eigenvalue weighted by Crippen LogP contribution is 2.38. The summed E-state index contributed by atoms with van der Waals surface area (Å²) in [6.07, 6.45) is -9.22. The maximum atomic E-state index is 12.5. The molecule has 0 N–H and O–H groups in total. The number of hydrogen-bond donors (Lipinski definition) is 0. The number of ether oxygens (including phenoxy) is 1. The van der Waals surface area contributed by atoms with Crippen LogP contribution in [0.25, 0.3) is 11.0 Å². The van der Waals surface area contributed by atoms with Gasteiger partial charge < -0.3 is 9.15 Å². The van der Waals surface area contributed by atoms with E-state index < -0.39 is 29.2 Å². The summed E-state index contributed by atoms with van der Waals surface area (Å²) < 4.78 is 81.4. The molecule has 0 unspecified atom stereocenters. The van der Waals surface area contributed by atoms with E-state index in [1.54, 1.807) is 0 Å². The monoisotopic (exact) mass is 270 g/mol. The Morgan fingerprint density at radius 2 is 1.67 bits per heavy atom. The number of hydrogen-bond acceptors (Lipinski definition) is 2. The van der Waals surface area contributed by atoms with Gasteiger partial charge in [0.2, 0.25) is 0 Å². The summed E-state index contributed by atoms with van der Waals surface area (Å²) in [7, 11) is 0. The second kappa shape index (κ2) is 3.82. The maximum Gasteiger partial charge on any atom is 0.573 e. The predicted octanol–water partition coefficient (Wildman–Crippen LogP) is 4.35. The number of rotatable bonds is 1. The van der Waals surface area contributed by atoms with Crippen LogP contribution in [0.2, 0.25) is 0 Å². The van der Waals surface area contributed by atoms with E-state index in [1.807, 2.05) is 0 Å². The van der Waals surface area contributed by atoms with Gasteiger partial charge in [0.25, 0.3) is 0 Å². The molecule has 0 saturated carbocycles. The van der Waals surface area contributed by atoms with Crippen molar-refractivity contribution in [3.8, 4) is 5.75 Å². The first kappa shape index (κ1) is 12.6. The molecule has 0 aliphatic rings. The van der Waals surface area contributed by atoms with Gasteiger partial charge in [-0.05, 0) is 18.2 Å². The van der Waals surface area contributed by atoms with Crippen molar-refractivity contribution < 1.29 is 35.5 Å². The van der Waals surface area contributed by atoms with Gasteiger partial charge >= 0.3 is 12.5 Å². The summed E-state index contributed by atoms with van der Waals surface area (Å²) in [5.74, 6) is -0.734. The van der Waals surface area contributed by atoms with Gasteiger partial charge in [-0.3, -0.25) is 0 Å². The van der Waals surface area contributed by atoms with Crippen molar-refractivity contribution in [1.29, 1.82) is 0 Å². The first-order chi connectivity index (χ1) is 8.17. The minimum atomic E-state index is -4.96. The van der Waals surface area contributed by atoms with Crippen molar-refractivity contribution in [3.63, 3.8) is 0 Å². The normalized spacial score (nSPS) is 13.0. The van der Waals surface area contributed by atoms with Gasteiger partial charge in [0.05, 0.1) is 0 Å². The third-order valence-electron chi connectivity index (χ3n) is 2.08. The van der Waals surface area contributed by atoms with Crippen LogP contribution in [0.4, 0.5) is 26.3 Å². The number of halogens is 6. The second-order valence-electron chi connectivity index (χ2n) is 3.35. The van der Waals surface area contributed by atoms with Crippen molar-refractivity contribution in [2.24, 2.45) is 0 Å². The Hall–Kier alpha value is -1.86. The maximum absolute atomic E-state index is 12.5. The zero-order chi connectivity index (χ0) is 13.6. The van der Waals surface area contributed by atoms with Crippen LogP contribution >= 0.6 is 0 Å². The van der Waals surface area contributed by atoms with Crippen LogP contribution in [-0.4, -0.2) is 6.36 Å². The highest BCUT2D eigenvalue weighted by molar-refractivity contribution is 5.83. The lowest BCUT2D eigenvalue weighted by Gasteiger charge is -2.09. The molecule has 0 fully saturated rings. The third kappa shape index (κ3) is 2.52. The smallest absolute Gasteiger partial charge is 0.464 e. The number of alkyl halides is 6. The summed E-state index contributed by atoms with van der Waals surface area (Å²) in [6, 6.07) is 2.49. The Bertz CT molecular complexity index is 566. The molecule has 2 aromatic rings. The minimum absolute atomic E-state index is 0.170. The fourth-order valence-corrected chi connectivity index (χ4v) is 1.42. The average Bonchev–Trinajstić information content (AvgIpc) is 2.56. The molecule has 0 bridgehead atoms. The van der Waals surface area contributed by atoms with Gasteiger partial charge in [-0.25, -0.2) is 0 Å². The van der Waals surface area contributed by atoms with Crippen LogP contribution in [0.1, 0.15) is 5.56 Å². The summed E-state index contributed by atoms with van der Waals surface area (Å²) in [4.78, 5) is 0. The van der Waals surface area contributed by atoms with Crippen molar-refractivity contribution in [2.45, 2.75) is 12.5 Å². The standard InChI is InChI=1S/C10H4F6O2/c11-9(12,13)7-4-17-8-2-1-5(3-6(7)8)18-10(14,15)16/h1-4H. The quantitative estimate of drug-likeness (QED) is 0.719. The van der Waals surface area contributed by atoms with Crippen molar-refractivity contribution in [2.75, 3.05) is 0 Å². The van der Waals surface area contributed by atoms with E-state index in [9.17, 15) is 26.3 Å². The van der Waals surface area contributed by atoms with Crippen LogP contribution < -0.4 is 4.74 Å². The Kier molecular flexibility index (Phi) is 2.67. The number of benzene rings is 1. The summed E-state index contributed by atoms with van der Waals surface area (Å²) in [6.45, 7) is 0. The average molecular weight is 270 g/mol. The fourth-order valence-electron chi connectivity index (χ4n) is 1.42. The zero-order valence-corrected chi connectivity index (χ0v) is 8.39. The molecule has 0 saturated heterocycles. The number of fused-ring (bicyclic) bond motifs is 1. The largest absolute Gasteiger partial charge is 0.573 e. The summed E-state index contributed by atoms with van der Waals surface area (Å²) >= 11 is 0. The topological polar surface area (TPSA) is 22.4 Å². The van der Waals surface area contributed by atoms with Gasteiger partial charge in [-0.15, -0.1) is 13.2 Å². The van der Waals surface area contributed by atoms with Crippen LogP contribution in [0, 0.1) is 0 Å². The molecule has 1 aromatic heterocycles. The summed E-state index contributed by atoms with van der Waals surface area (Å²) in [5, 5.41) is -0.482. The van der Waals surface area contributed by atoms with Crippen LogP contribution in [0.3, 0.4) is 0 Å². The molecule has 0 spiro atoms. The molecule has 8 heteroatoms. The molecule has 0 radical (unpaired) electrons. The van der Waals surface area contributed by atoms with Crippen molar-refractivity contribution >= 4 is 11.0 Å². The lowest BCUT2D eigenvalue weighted by molar-refractivity contribution is -0.274. The summed E-state index contributed by atoms with van der Waals surface area (Å²) in [5.41, 5.74) is -1.32. The lowest BCUT2D eigenvalue weighted by atomic mass is 10.1. The molecular weight excluding hydrogens is 266 g/mol. The van der Waals surface area contributed by atoms with Crippen molar-refractivity contribution in [1.82, 2.24) is 0 Å². The molecule has 0 aliphatic carbocycles. The lowest BCUT2D eigenvalue weighted by Crippen LogP contribution is -2.17. The molecule has 98 valence electrons. The van der Waals surface area contributed by atoms with Gasteiger partial charge in [-0.1, -0.05) is 0 Å². The first-order valence-corrected chi connectivity index (χ1v) is 4.51. The predicted molar refractivity (Wildman–Crippen MR) is 47.9 cm³/mol. The Labute approximate surface area is 95.7 Å². The molecule has 0 aliphatic heterocycles. The van der Waals surface area contributed by atoms with Gasteiger partial charge in [-0.2, -0.15) is 13.2 Å². The third-order valence-corrected chi connectivity index (χ3v) is 2.08. The molecular formula is C10H4F6O2. The van der Waals surface area contributed by atoms with Crippen molar-refractivity contribution in [3.05, 3.63) is 30.0 Å². The number of furan rings is 1. The molecule has 2 nitrogen and oxygen atoms in total. The van der Waals surface area contributed by atoms with E-state index in [0.29, 0.717) is 12.3 Å². The van der Waals surface area contributed by atoms with Gasteiger partial charge in [0, 0.05) is 5.39 Å². The van der Waals surface area contributed by atoms with Crippen LogP contribution in [0.15, 0.2) is 28.9 Å². The van der Waals surface area contributed by atoms with E-state index in [-0.39, 0.29) is 5.58 Å². The zero-order valence-electron chi connectivity index (χ0n) is 8.39. The first-order valence-electron chi connectivity index (χ1n) is 4.51. The molecule has 18 heavy (non-hydrogen) atoms. The van der Waals surface area contributed by atoms with Crippen LogP contribution in [-0.2, 0) is 6.18 Å². The van der Waals surface area contributed by atoms with E-state index in [0.717, 1.165) is 12.1 Å². The molecule has 2 rings (SSSR count). The Balaban J connectivity index is 2.49.